The summed E-state index contributed by atoms with van der Waals surface area (Å²) in [5, 5.41) is 6.81. The average molecular weight is 385 g/mol. The number of aromatic nitrogens is 2. The van der Waals surface area contributed by atoms with Crippen LogP contribution < -0.4 is 10.1 Å². The molecule has 0 unspecified atom stereocenters. The summed E-state index contributed by atoms with van der Waals surface area (Å²) < 4.78 is 11.3. The minimum atomic E-state index is -0.110. The maximum Gasteiger partial charge on any atom is 0.258 e. The lowest BCUT2D eigenvalue weighted by Gasteiger charge is -2.07. The second-order valence-electron chi connectivity index (χ2n) is 6.57. The number of anilines is 1. The number of nitrogens with zero attached hydrogens (tertiary/aromatic N) is 2. The smallest absolute Gasteiger partial charge is 0.258 e. The monoisotopic (exact) mass is 385 g/mol. The van der Waals surface area contributed by atoms with Gasteiger partial charge in [-0.15, -0.1) is 0 Å². The molecule has 1 aromatic heterocycles. The van der Waals surface area contributed by atoms with Gasteiger partial charge in [-0.1, -0.05) is 23.4 Å². The van der Waals surface area contributed by atoms with Crippen molar-refractivity contribution in [1.82, 2.24) is 10.1 Å². The topological polar surface area (TPSA) is 77.2 Å². The maximum atomic E-state index is 11.1. The molecule has 0 saturated heterocycles. The molecule has 3 aromatic carbocycles. The van der Waals surface area contributed by atoms with E-state index in [0.29, 0.717) is 23.2 Å². The Labute approximate surface area is 168 Å². The molecule has 0 aliphatic rings. The van der Waals surface area contributed by atoms with Crippen molar-refractivity contribution in [2.24, 2.45) is 0 Å². The van der Waals surface area contributed by atoms with Gasteiger partial charge in [0.05, 0.1) is 0 Å². The van der Waals surface area contributed by atoms with Gasteiger partial charge < -0.3 is 14.6 Å². The van der Waals surface area contributed by atoms with Gasteiger partial charge in [-0.3, -0.25) is 4.79 Å². The molecule has 29 heavy (non-hydrogen) atoms. The van der Waals surface area contributed by atoms with Gasteiger partial charge in [-0.25, -0.2) is 0 Å². The van der Waals surface area contributed by atoms with Crippen LogP contribution in [0.1, 0.15) is 12.5 Å². The minimum Gasteiger partial charge on any atom is -0.457 e. The molecule has 0 saturated carbocycles. The zero-order chi connectivity index (χ0) is 20.2. The van der Waals surface area contributed by atoms with Crippen LogP contribution in [0.5, 0.6) is 11.5 Å². The molecule has 0 fully saturated rings. The van der Waals surface area contributed by atoms with E-state index in [-0.39, 0.29) is 5.91 Å². The van der Waals surface area contributed by atoms with E-state index < -0.39 is 0 Å². The summed E-state index contributed by atoms with van der Waals surface area (Å²) in [5.41, 5.74) is 3.56. The van der Waals surface area contributed by atoms with E-state index in [0.717, 1.165) is 22.4 Å². The lowest BCUT2D eigenvalue weighted by molar-refractivity contribution is -0.114. The van der Waals surface area contributed by atoms with Crippen molar-refractivity contribution in [1.29, 1.82) is 0 Å². The van der Waals surface area contributed by atoms with Crippen LogP contribution in [0.15, 0.2) is 77.3 Å². The van der Waals surface area contributed by atoms with Gasteiger partial charge in [0.25, 0.3) is 5.89 Å². The number of hydrogen-bond acceptors (Lipinski definition) is 5. The van der Waals surface area contributed by atoms with Gasteiger partial charge in [-0.05, 0) is 67.1 Å². The Morgan fingerprint density at radius 1 is 0.931 bits per heavy atom. The predicted octanol–water partition coefficient (Wildman–Crippen LogP) is 5.46. The zero-order valence-corrected chi connectivity index (χ0v) is 16.0. The number of carbonyl (C=O) groups is 1. The number of nitrogens with one attached hydrogen (secondary N) is 1. The van der Waals surface area contributed by atoms with Crippen molar-refractivity contribution >= 4 is 11.6 Å². The SMILES string of the molecule is CC(=O)Nc1ccc(Oc2ccc(-c3noc(-c4ccccc4C)n3)cc2)cc1. The Hall–Kier alpha value is -3.93. The lowest BCUT2D eigenvalue weighted by Crippen LogP contribution is -2.05. The molecule has 0 spiro atoms. The van der Waals surface area contributed by atoms with Gasteiger partial charge in [0.1, 0.15) is 11.5 Å². The summed E-state index contributed by atoms with van der Waals surface area (Å²) in [6, 6.07) is 22.5. The molecule has 144 valence electrons. The van der Waals surface area contributed by atoms with E-state index in [1.165, 1.54) is 6.92 Å². The first kappa shape index (κ1) is 18.4. The van der Waals surface area contributed by atoms with Gasteiger partial charge >= 0.3 is 0 Å². The average Bonchev–Trinajstić information content (AvgIpc) is 3.20. The normalized spacial score (nSPS) is 10.6. The van der Waals surface area contributed by atoms with Crippen molar-refractivity contribution in [3.05, 3.63) is 78.4 Å². The van der Waals surface area contributed by atoms with Gasteiger partial charge in [0.2, 0.25) is 11.7 Å². The second-order valence-corrected chi connectivity index (χ2v) is 6.57. The number of rotatable bonds is 5. The van der Waals surface area contributed by atoms with Crippen LogP contribution in [-0.4, -0.2) is 16.0 Å². The van der Waals surface area contributed by atoms with E-state index in [1.54, 1.807) is 24.3 Å². The summed E-state index contributed by atoms with van der Waals surface area (Å²) in [6.07, 6.45) is 0. The summed E-state index contributed by atoms with van der Waals surface area (Å²) in [4.78, 5) is 15.6. The molecule has 1 N–H and O–H groups in total. The molecular formula is C23H19N3O3. The Morgan fingerprint density at radius 3 is 2.24 bits per heavy atom. The summed E-state index contributed by atoms with van der Waals surface area (Å²) >= 11 is 0. The quantitative estimate of drug-likeness (QED) is 0.493. The number of ether oxygens (including phenoxy) is 1. The number of hydrogen-bond donors (Lipinski definition) is 1. The third kappa shape index (κ3) is 4.32. The molecule has 0 aliphatic carbocycles. The van der Waals surface area contributed by atoms with E-state index >= 15 is 0 Å². The molecule has 0 aliphatic heterocycles. The van der Waals surface area contributed by atoms with Crippen molar-refractivity contribution in [3.8, 4) is 34.3 Å². The molecule has 1 amide bonds. The standard InChI is InChI=1S/C23H19N3O3/c1-15-5-3-4-6-21(15)23-25-22(26-29-23)17-7-11-19(12-8-17)28-20-13-9-18(10-14-20)24-16(2)27/h3-14H,1-2H3,(H,24,27). The van der Waals surface area contributed by atoms with Crippen LogP contribution in [0.3, 0.4) is 0 Å². The summed E-state index contributed by atoms with van der Waals surface area (Å²) in [5.74, 6) is 2.27. The maximum absolute atomic E-state index is 11.1. The van der Waals surface area contributed by atoms with E-state index in [2.05, 4.69) is 15.5 Å². The molecule has 6 nitrogen and oxygen atoms in total. The first-order valence-electron chi connectivity index (χ1n) is 9.14. The molecule has 0 radical (unpaired) electrons. The number of carbonyl (C=O) groups excluding carboxylic acids is 1. The Morgan fingerprint density at radius 2 is 1.59 bits per heavy atom. The predicted molar refractivity (Wildman–Crippen MR) is 111 cm³/mol. The van der Waals surface area contributed by atoms with E-state index in [1.807, 2.05) is 55.5 Å². The van der Waals surface area contributed by atoms with E-state index in [4.69, 9.17) is 9.26 Å². The first-order valence-corrected chi connectivity index (χ1v) is 9.14. The number of amides is 1. The molecule has 1 heterocycles. The summed E-state index contributed by atoms with van der Waals surface area (Å²) in [6.45, 7) is 3.48. The molecule has 4 rings (SSSR count). The zero-order valence-electron chi connectivity index (χ0n) is 16.0. The van der Waals surface area contributed by atoms with E-state index in [9.17, 15) is 4.79 Å². The van der Waals surface area contributed by atoms with Crippen LogP contribution in [0, 0.1) is 6.92 Å². The molecule has 6 heteroatoms. The second kappa shape index (κ2) is 7.98. The fourth-order valence-electron chi connectivity index (χ4n) is 2.88. The van der Waals surface area contributed by atoms with Crippen molar-refractivity contribution in [2.75, 3.05) is 5.32 Å². The third-order valence-corrected chi connectivity index (χ3v) is 4.32. The van der Waals surface area contributed by atoms with Crippen LogP contribution in [0.2, 0.25) is 0 Å². The summed E-state index contributed by atoms with van der Waals surface area (Å²) in [7, 11) is 0. The molecule has 0 bridgehead atoms. The van der Waals surface area contributed by atoms with Gasteiger partial charge in [0, 0.05) is 23.7 Å². The highest BCUT2D eigenvalue weighted by molar-refractivity contribution is 5.88. The van der Waals surface area contributed by atoms with Crippen molar-refractivity contribution in [3.63, 3.8) is 0 Å². The largest absolute Gasteiger partial charge is 0.457 e. The lowest BCUT2D eigenvalue weighted by atomic mass is 10.1. The first-order chi connectivity index (χ1) is 14.1. The minimum absolute atomic E-state index is 0.110. The highest BCUT2D eigenvalue weighted by Gasteiger charge is 2.12. The van der Waals surface area contributed by atoms with Crippen molar-refractivity contribution < 1.29 is 14.1 Å². The highest BCUT2D eigenvalue weighted by Crippen LogP contribution is 2.28. The Bertz CT molecular complexity index is 1130. The molecule has 0 atom stereocenters. The fraction of sp³-hybridized carbons (Fsp3) is 0.0870. The van der Waals surface area contributed by atoms with Crippen molar-refractivity contribution in [2.45, 2.75) is 13.8 Å². The fourth-order valence-corrected chi connectivity index (χ4v) is 2.88. The van der Waals surface area contributed by atoms with Gasteiger partial charge in [0.15, 0.2) is 0 Å². The Balaban J connectivity index is 1.47. The number of aryl methyl sites for hydroxylation is 1. The third-order valence-electron chi connectivity index (χ3n) is 4.32. The number of benzene rings is 3. The van der Waals surface area contributed by atoms with Crippen LogP contribution in [0.25, 0.3) is 22.8 Å². The molecular weight excluding hydrogens is 366 g/mol. The van der Waals surface area contributed by atoms with Crippen LogP contribution in [-0.2, 0) is 4.79 Å². The Kier molecular flexibility index (Phi) is 5.07. The van der Waals surface area contributed by atoms with Crippen LogP contribution >= 0.6 is 0 Å². The molecule has 4 aromatic rings. The van der Waals surface area contributed by atoms with Crippen LogP contribution in [0.4, 0.5) is 5.69 Å². The highest BCUT2D eigenvalue weighted by atomic mass is 16.5. The van der Waals surface area contributed by atoms with Gasteiger partial charge in [-0.2, -0.15) is 4.98 Å².